The van der Waals surface area contributed by atoms with Crippen LogP contribution in [0.15, 0.2) is 140 Å². The van der Waals surface area contributed by atoms with Crippen LogP contribution in [0.2, 0.25) is 0 Å². The molecule has 178 valence electrons. The number of aromatic nitrogens is 3. The molecule has 38 heavy (non-hydrogen) atoms. The van der Waals surface area contributed by atoms with Crippen molar-refractivity contribution >= 4 is 43.5 Å². The monoisotopic (exact) mass is 485 g/mol. The van der Waals surface area contributed by atoms with Crippen molar-refractivity contribution in [2.75, 3.05) is 0 Å². The molecule has 3 aromatic heterocycles. The number of rotatable bonds is 3. The number of hydrogen-bond donors (Lipinski definition) is 0. The molecule has 0 saturated carbocycles. The maximum atomic E-state index is 4.92. The zero-order valence-corrected chi connectivity index (χ0v) is 20.6. The first-order valence-electron chi connectivity index (χ1n) is 12.9. The zero-order chi connectivity index (χ0) is 25.1. The minimum atomic E-state index is 0.923. The summed E-state index contributed by atoms with van der Waals surface area (Å²) < 4.78 is 4.55. The van der Waals surface area contributed by atoms with Gasteiger partial charge in [-0.1, -0.05) is 72.8 Å². The number of fused-ring (bicyclic) bond motifs is 6. The second-order valence-corrected chi connectivity index (χ2v) is 9.73. The lowest BCUT2D eigenvalue weighted by Gasteiger charge is -2.10. The number of hydrogen-bond acceptors (Lipinski definition) is 1. The van der Waals surface area contributed by atoms with Gasteiger partial charge in [-0.25, -0.2) is 4.98 Å². The Labute approximate surface area is 219 Å². The maximum absolute atomic E-state index is 4.92. The van der Waals surface area contributed by atoms with E-state index in [2.05, 4.69) is 137 Å². The summed E-state index contributed by atoms with van der Waals surface area (Å²) in [6.07, 6.45) is 4.15. The third kappa shape index (κ3) is 3.12. The summed E-state index contributed by atoms with van der Waals surface area (Å²) in [5.41, 5.74) is 7.00. The van der Waals surface area contributed by atoms with Gasteiger partial charge in [-0.05, 0) is 70.9 Å². The van der Waals surface area contributed by atoms with Gasteiger partial charge >= 0.3 is 0 Å². The standard InChI is InChI=1S/C35H23N3/c1-3-9-24(10-4-1)26-16-18-35(36-23-26)38-33-14-8-7-13-28(33)31-22-30-25(21-34(31)38)15-17-32-29(30)19-20-37(32)27-11-5-2-6-12-27/h1-23H. The molecule has 0 aliphatic heterocycles. The van der Waals surface area contributed by atoms with E-state index in [1.54, 1.807) is 0 Å². The highest BCUT2D eigenvalue weighted by molar-refractivity contribution is 6.18. The van der Waals surface area contributed by atoms with Crippen LogP contribution in [0.25, 0.3) is 66.1 Å². The van der Waals surface area contributed by atoms with Gasteiger partial charge in [0.1, 0.15) is 5.82 Å². The molecule has 0 atom stereocenters. The molecular formula is C35H23N3. The smallest absolute Gasteiger partial charge is 0.137 e. The lowest BCUT2D eigenvalue weighted by molar-refractivity contribution is 1.08. The Hall–Kier alpha value is -5.15. The highest BCUT2D eigenvalue weighted by Gasteiger charge is 2.16. The molecule has 0 aliphatic rings. The Morgan fingerprint density at radius 1 is 0.474 bits per heavy atom. The van der Waals surface area contributed by atoms with Crippen LogP contribution < -0.4 is 0 Å². The normalized spacial score (nSPS) is 11.7. The van der Waals surface area contributed by atoms with Crippen molar-refractivity contribution in [2.45, 2.75) is 0 Å². The van der Waals surface area contributed by atoms with E-state index in [1.165, 1.54) is 49.2 Å². The Morgan fingerprint density at radius 2 is 1.24 bits per heavy atom. The first kappa shape index (κ1) is 21.0. The fraction of sp³-hybridized carbons (Fsp3) is 0. The van der Waals surface area contributed by atoms with E-state index in [4.69, 9.17) is 4.98 Å². The summed E-state index contributed by atoms with van der Waals surface area (Å²) in [7, 11) is 0. The van der Waals surface area contributed by atoms with E-state index in [0.717, 1.165) is 16.9 Å². The predicted octanol–water partition coefficient (Wildman–Crippen LogP) is 8.94. The number of nitrogens with zero attached hydrogens (tertiary/aromatic N) is 3. The van der Waals surface area contributed by atoms with Crippen molar-refractivity contribution in [3.05, 3.63) is 140 Å². The highest BCUT2D eigenvalue weighted by Crippen LogP contribution is 2.37. The van der Waals surface area contributed by atoms with Crippen molar-refractivity contribution in [1.29, 1.82) is 0 Å². The van der Waals surface area contributed by atoms with Crippen molar-refractivity contribution in [2.24, 2.45) is 0 Å². The van der Waals surface area contributed by atoms with Crippen LogP contribution in [0.4, 0.5) is 0 Å². The van der Waals surface area contributed by atoms with E-state index >= 15 is 0 Å². The summed E-state index contributed by atoms with van der Waals surface area (Å²) in [5, 5.41) is 6.22. The van der Waals surface area contributed by atoms with Gasteiger partial charge in [0.05, 0.1) is 16.6 Å². The van der Waals surface area contributed by atoms with Crippen LogP contribution >= 0.6 is 0 Å². The SMILES string of the molecule is c1ccc(-c2ccc(-n3c4ccccc4c4cc5c(ccc6c5ccn6-c5ccccc5)cc43)nc2)cc1. The molecule has 8 rings (SSSR count). The van der Waals surface area contributed by atoms with Crippen molar-refractivity contribution in [3.8, 4) is 22.6 Å². The fourth-order valence-electron chi connectivity index (χ4n) is 5.79. The minimum absolute atomic E-state index is 0.923. The first-order valence-corrected chi connectivity index (χ1v) is 12.9. The molecule has 0 aliphatic carbocycles. The molecule has 3 nitrogen and oxygen atoms in total. The summed E-state index contributed by atoms with van der Waals surface area (Å²) in [5.74, 6) is 0.923. The number of pyridine rings is 1. The molecule has 0 spiro atoms. The van der Waals surface area contributed by atoms with Gasteiger partial charge in [-0.15, -0.1) is 0 Å². The molecule has 3 heteroatoms. The lowest BCUT2D eigenvalue weighted by atomic mass is 10.0. The van der Waals surface area contributed by atoms with Crippen LogP contribution in [0.3, 0.4) is 0 Å². The summed E-state index contributed by atoms with van der Waals surface area (Å²) in [6.45, 7) is 0. The highest BCUT2D eigenvalue weighted by atomic mass is 15.1. The van der Waals surface area contributed by atoms with Gasteiger partial charge < -0.3 is 4.57 Å². The Balaban J connectivity index is 1.36. The predicted molar refractivity (Wildman–Crippen MR) is 158 cm³/mol. The second kappa shape index (κ2) is 8.19. The van der Waals surface area contributed by atoms with Crippen molar-refractivity contribution in [1.82, 2.24) is 14.1 Å². The van der Waals surface area contributed by atoms with E-state index in [0.29, 0.717) is 0 Å². The quantitative estimate of drug-likeness (QED) is 0.245. The Kier molecular flexibility index (Phi) is 4.52. The number of para-hydroxylation sites is 2. The third-order valence-electron chi connectivity index (χ3n) is 7.60. The fourth-order valence-corrected chi connectivity index (χ4v) is 5.79. The molecule has 0 amide bonds. The van der Waals surface area contributed by atoms with Gasteiger partial charge in [0.25, 0.3) is 0 Å². The first-order chi connectivity index (χ1) is 18.8. The molecule has 0 saturated heterocycles. The van der Waals surface area contributed by atoms with Crippen LogP contribution in [-0.4, -0.2) is 14.1 Å². The average Bonchev–Trinajstić information content (AvgIpc) is 3.57. The second-order valence-electron chi connectivity index (χ2n) is 9.73. The van der Waals surface area contributed by atoms with Gasteiger partial charge in [0, 0.05) is 39.8 Å². The van der Waals surface area contributed by atoms with Crippen molar-refractivity contribution in [3.63, 3.8) is 0 Å². The summed E-state index contributed by atoms with van der Waals surface area (Å²) in [6, 6.07) is 45.2. The summed E-state index contributed by atoms with van der Waals surface area (Å²) >= 11 is 0. The lowest BCUT2D eigenvalue weighted by Crippen LogP contribution is -1.97. The van der Waals surface area contributed by atoms with E-state index in [1.807, 2.05) is 12.3 Å². The van der Waals surface area contributed by atoms with Crippen LogP contribution in [0.5, 0.6) is 0 Å². The van der Waals surface area contributed by atoms with Gasteiger partial charge in [0.2, 0.25) is 0 Å². The molecule has 0 radical (unpaired) electrons. The van der Waals surface area contributed by atoms with E-state index in [-0.39, 0.29) is 0 Å². The molecule has 0 unspecified atom stereocenters. The molecule has 0 fully saturated rings. The zero-order valence-electron chi connectivity index (χ0n) is 20.6. The molecule has 3 heterocycles. The maximum Gasteiger partial charge on any atom is 0.137 e. The summed E-state index contributed by atoms with van der Waals surface area (Å²) in [4.78, 5) is 4.92. The molecule has 0 N–H and O–H groups in total. The topological polar surface area (TPSA) is 22.8 Å². The van der Waals surface area contributed by atoms with Crippen LogP contribution in [0, 0.1) is 0 Å². The van der Waals surface area contributed by atoms with E-state index < -0.39 is 0 Å². The van der Waals surface area contributed by atoms with Gasteiger partial charge in [-0.3, -0.25) is 4.57 Å². The van der Waals surface area contributed by atoms with Gasteiger partial charge in [0.15, 0.2) is 0 Å². The largest absolute Gasteiger partial charge is 0.317 e. The molecule has 0 bridgehead atoms. The molecule has 5 aromatic carbocycles. The average molecular weight is 486 g/mol. The van der Waals surface area contributed by atoms with Crippen LogP contribution in [0.1, 0.15) is 0 Å². The third-order valence-corrected chi connectivity index (χ3v) is 7.60. The van der Waals surface area contributed by atoms with Crippen molar-refractivity contribution < 1.29 is 0 Å². The minimum Gasteiger partial charge on any atom is -0.317 e. The number of benzene rings is 5. The van der Waals surface area contributed by atoms with E-state index in [9.17, 15) is 0 Å². The molecular weight excluding hydrogens is 462 g/mol. The molecule has 8 aromatic rings. The van der Waals surface area contributed by atoms with Crippen LogP contribution in [-0.2, 0) is 0 Å². The Bertz CT molecular complexity index is 2100. The van der Waals surface area contributed by atoms with Gasteiger partial charge in [-0.2, -0.15) is 0 Å². The Morgan fingerprint density at radius 3 is 2.05 bits per heavy atom.